The van der Waals surface area contributed by atoms with Crippen LogP contribution in [0.2, 0.25) is 0 Å². The molecule has 0 saturated carbocycles. The lowest BCUT2D eigenvalue weighted by atomic mass is 10.1. The number of thiazole rings is 1. The summed E-state index contributed by atoms with van der Waals surface area (Å²) in [6.45, 7) is 0. The van der Waals surface area contributed by atoms with E-state index in [0.29, 0.717) is 27.8 Å². The molecule has 0 saturated heterocycles. The second-order valence-corrected chi connectivity index (χ2v) is 7.87. The summed E-state index contributed by atoms with van der Waals surface area (Å²) in [5.74, 6) is 0.359. The Morgan fingerprint density at radius 1 is 1.00 bits per heavy atom. The molecule has 4 aromatic rings. The zero-order chi connectivity index (χ0) is 23.5. The molecule has 9 nitrogen and oxygen atoms in total. The Morgan fingerprint density at radius 2 is 1.70 bits per heavy atom. The molecule has 0 aliphatic rings. The number of methoxy groups -OCH3 is 3. The Labute approximate surface area is 192 Å². The predicted octanol–water partition coefficient (Wildman–Crippen LogP) is 5.15. The number of nitro groups is 1. The number of hydrogen-bond acceptors (Lipinski definition) is 8. The third kappa shape index (κ3) is 4.28. The zero-order valence-corrected chi connectivity index (χ0v) is 18.8. The van der Waals surface area contributed by atoms with Crippen LogP contribution in [0.5, 0.6) is 17.2 Å². The molecule has 0 atom stereocenters. The molecule has 1 amide bonds. The Bertz CT molecular complexity index is 1310. The van der Waals surface area contributed by atoms with E-state index < -0.39 is 10.8 Å². The molecule has 0 aliphatic heterocycles. The average molecular weight is 465 g/mol. The second kappa shape index (κ2) is 9.13. The van der Waals surface area contributed by atoms with Gasteiger partial charge in [0.2, 0.25) is 5.75 Å². The van der Waals surface area contributed by atoms with Gasteiger partial charge in [0.1, 0.15) is 10.7 Å². The highest BCUT2D eigenvalue weighted by Crippen LogP contribution is 2.39. The molecule has 1 heterocycles. The summed E-state index contributed by atoms with van der Waals surface area (Å²) in [6.07, 6.45) is 0. The Kier molecular flexibility index (Phi) is 6.09. The van der Waals surface area contributed by atoms with Crippen LogP contribution < -0.4 is 19.5 Å². The highest BCUT2D eigenvalue weighted by molar-refractivity contribution is 7.21. The van der Waals surface area contributed by atoms with Crippen molar-refractivity contribution < 1.29 is 23.9 Å². The van der Waals surface area contributed by atoms with Crippen LogP contribution >= 0.6 is 11.3 Å². The van der Waals surface area contributed by atoms with Gasteiger partial charge < -0.3 is 19.5 Å². The monoisotopic (exact) mass is 465 g/mol. The summed E-state index contributed by atoms with van der Waals surface area (Å²) < 4.78 is 16.8. The first-order valence-electron chi connectivity index (χ1n) is 9.71. The number of nitrogens with zero attached hydrogens (tertiary/aromatic N) is 2. The van der Waals surface area contributed by atoms with Gasteiger partial charge in [0.05, 0.1) is 36.5 Å². The van der Waals surface area contributed by atoms with Crippen LogP contribution in [-0.4, -0.2) is 37.1 Å². The lowest BCUT2D eigenvalue weighted by molar-refractivity contribution is -0.383. The summed E-state index contributed by atoms with van der Waals surface area (Å²) >= 11 is 1.44. The standard InChI is InChI=1S/C23H19N3O6S/c1-30-18-11-14(12-19(31-2)21(18)32-3)22(27)24-15-9-8-13(10-17(15)26(28)29)23-25-16-6-4-5-7-20(16)33-23/h4-12H,1-3H3,(H,24,27). The number of rotatable bonds is 7. The molecule has 0 radical (unpaired) electrons. The van der Waals surface area contributed by atoms with Crippen LogP contribution in [0.25, 0.3) is 20.8 Å². The van der Waals surface area contributed by atoms with Gasteiger partial charge in [0.25, 0.3) is 11.6 Å². The first kappa shape index (κ1) is 22.0. The number of para-hydroxylation sites is 1. The quantitative estimate of drug-likeness (QED) is 0.297. The van der Waals surface area contributed by atoms with Gasteiger partial charge in [0.15, 0.2) is 11.5 Å². The van der Waals surface area contributed by atoms with Crippen molar-refractivity contribution in [2.45, 2.75) is 0 Å². The van der Waals surface area contributed by atoms with E-state index in [0.717, 1.165) is 10.2 Å². The van der Waals surface area contributed by atoms with Gasteiger partial charge in [0, 0.05) is 17.2 Å². The number of nitro benzene ring substituents is 1. The Hall–Kier alpha value is -4.18. The van der Waals surface area contributed by atoms with Gasteiger partial charge in [-0.25, -0.2) is 4.98 Å². The summed E-state index contributed by atoms with van der Waals surface area (Å²) in [5, 5.41) is 15.0. The number of hydrogen-bond donors (Lipinski definition) is 1. The zero-order valence-electron chi connectivity index (χ0n) is 17.9. The Morgan fingerprint density at radius 3 is 2.30 bits per heavy atom. The van der Waals surface area contributed by atoms with Gasteiger partial charge in [-0.05, 0) is 36.4 Å². The van der Waals surface area contributed by atoms with Crippen LogP contribution in [0.4, 0.5) is 11.4 Å². The topological polar surface area (TPSA) is 113 Å². The number of carbonyl (C=O) groups is 1. The van der Waals surface area contributed by atoms with Crippen molar-refractivity contribution in [1.29, 1.82) is 0 Å². The molecule has 0 fully saturated rings. The number of benzene rings is 3. The molecule has 0 bridgehead atoms. The highest BCUT2D eigenvalue weighted by Gasteiger charge is 2.22. The van der Waals surface area contributed by atoms with E-state index in [-0.39, 0.29) is 16.9 Å². The molecule has 4 rings (SSSR count). The summed E-state index contributed by atoms with van der Waals surface area (Å²) in [5.41, 5.74) is 1.42. The van der Waals surface area contributed by atoms with E-state index >= 15 is 0 Å². The maximum atomic E-state index is 12.9. The van der Waals surface area contributed by atoms with Crippen molar-refractivity contribution in [1.82, 2.24) is 4.98 Å². The van der Waals surface area contributed by atoms with E-state index in [1.807, 2.05) is 24.3 Å². The van der Waals surface area contributed by atoms with Gasteiger partial charge in [-0.3, -0.25) is 14.9 Å². The minimum absolute atomic E-state index is 0.0589. The molecule has 0 unspecified atom stereocenters. The van der Waals surface area contributed by atoms with Crippen LogP contribution in [0.1, 0.15) is 10.4 Å². The third-order valence-electron chi connectivity index (χ3n) is 4.91. The molecule has 0 aliphatic carbocycles. The van der Waals surface area contributed by atoms with E-state index in [2.05, 4.69) is 10.3 Å². The molecule has 1 N–H and O–H groups in total. The Balaban J connectivity index is 1.68. The van der Waals surface area contributed by atoms with E-state index in [9.17, 15) is 14.9 Å². The van der Waals surface area contributed by atoms with Crippen LogP contribution in [0.3, 0.4) is 0 Å². The molecule has 33 heavy (non-hydrogen) atoms. The minimum Gasteiger partial charge on any atom is -0.493 e. The van der Waals surface area contributed by atoms with E-state index in [4.69, 9.17) is 14.2 Å². The molecule has 0 spiro atoms. The number of aromatic nitrogens is 1. The van der Waals surface area contributed by atoms with Gasteiger partial charge >= 0.3 is 0 Å². The fourth-order valence-corrected chi connectivity index (χ4v) is 4.29. The van der Waals surface area contributed by atoms with Gasteiger partial charge in [-0.1, -0.05) is 12.1 Å². The number of nitrogens with one attached hydrogen (secondary N) is 1. The van der Waals surface area contributed by atoms with Crippen molar-refractivity contribution in [2.75, 3.05) is 26.6 Å². The number of ether oxygens (including phenoxy) is 3. The van der Waals surface area contributed by atoms with Crippen LogP contribution in [-0.2, 0) is 0 Å². The normalized spacial score (nSPS) is 10.6. The molecule has 1 aromatic heterocycles. The smallest absolute Gasteiger partial charge is 0.293 e. The SMILES string of the molecule is COc1cc(C(=O)Nc2ccc(-c3nc4ccccc4s3)cc2[N+](=O)[O-])cc(OC)c1OC. The molecule has 168 valence electrons. The molecular formula is C23H19N3O6S. The van der Waals surface area contributed by atoms with Crippen molar-refractivity contribution in [2.24, 2.45) is 0 Å². The maximum absolute atomic E-state index is 12.9. The summed E-state index contributed by atoms with van der Waals surface area (Å²) in [7, 11) is 4.33. The number of fused-ring (bicyclic) bond motifs is 1. The van der Waals surface area contributed by atoms with Gasteiger partial charge in [-0.15, -0.1) is 11.3 Å². The first-order valence-corrected chi connectivity index (χ1v) is 10.5. The first-order chi connectivity index (χ1) is 15.9. The lowest BCUT2D eigenvalue weighted by Crippen LogP contribution is -2.14. The largest absolute Gasteiger partial charge is 0.493 e. The van der Waals surface area contributed by atoms with Crippen molar-refractivity contribution in [3.63, 3.8) is 0 Å². The molecule has 10 heteroatoms. The lowest BCUT2D eigenvalue weighted by Gasteiger charge is -2.14. The minimum atomic E-state index is -0.565. The van der Waals surface area contributed by atoms with Crippen molar-refractivity contribution in [3.8, 4) is 27.8 Å². The number of carbonyl (C=O) groups excluding carboxylic acids is 1. The second-order valence-electron chi connectivity index (χ2n) is 6.84. The van der Waals surface area contributed by atoms with Crippen molar-refractivity contribution in [3.05, 3.63) is 70.3 Å². The van der Waals surface area contributed by atoms with E-state index in [1.165, 1.54) is 56.9 Å². The maximum Gasteiger partial charge on any atom is 0.293 e. The summed E-state index contributed by atoms with van der Waals surface area (Å²) in [6, 6.07) is 15.2. The fraction of sp³-hybridized carbons (Fsp3) is 0.130. The summed E-state index contributed by atoms with van der Waals surface area (Å²) in [4.78, 5) is 28.7. The average Bonchev–Trinajstić information content (AvgIpc) is 3.27. The predicted molar refractivity (Wildman–Crippen MR) is 126 cm³/mol. The van der Waals surface area contributed by atoms with Crippen LogP contribution in [0, 0.1) is 10.1 Å². The third-order valence-corrected chi connectivity index (χ3v) is 6.00. The van der Waals surface area contributed by atoms with Crippen molar-refractivity contribution >= 4 is 38.8 Å². The van der Waals surface area contributed by atoms with Gasteiger partial charge in [-0.2, -0.15) is 0 Å². The van der Waals surface area contributed by atoms with Crippen LogP contribution in [0.15, 0.2) is 54.6 Å². The number of anilines is 1. The van der Waals surface area contributed by atoms with E-state index in [1.54, 1.807) is 6.07 Å². The molecule has 3 aromatic carbocycles. The number of amides is 1. The molecular weight excluding hydrogens is 446 g/mol. The fourth-order valence-electron chi connectivity index (χ4n) is 3.32. The highest BCUT2D eigenvalue weighted by atomic mass is 32.1.